The van der Waals surface area contributed by atoms with E-state index in [-0.39, 0.29) is 0 Å². The standard InChI is InChI=1S/C15H13F4NS/c16-13-8-10(6-7-12(13)15(17,18)19)14(20)9-21-11-4-2-1-3-5-11/h1-8,14H,9,20H2. The molecule has 21 heavy (non-hydrogen) atoms. The summed E-state index contributed by atoms with van der Waals surface area (Å²) in [7, 11) is 0. The Bertz CT molecular complexity index is 598. The molecule has 0 heterocycles. The maximum absolute atomic E-state index is 13.5. The van der Waals surface area contributed by atoms with E-state index in [1.165, 1.54) is 17.8 Å². The van der Waals surface area contributed by atoms with Crippen molar-refractivity contribution in [2.45, 2.75) is 17.1 Å². The van der Waals surface area contributed by atoms with Crippen molar-refractivity contribution in [2.24, 2.45) is 5.73 Å². The third-order valence-electron chi connectivity index (χ3n) is 2.90. The molecule has 0 spiro atoms. The summed E-state index contributed by atoms with van der Waals surface area (Å²) < 4.78 is 50.9. The zero-order valence-electron chi connectivity index (χ0n) is 10.9. The Kier molecular flexibility index (Phi) is 4.90. The van der Waals surface area contributed by atoms with Crippen molar-refractivity contribution < 1.29 is 17.6 Å². The van der Waals surface area contributed by atoms with Crippen molar-refractivity contribution in [1.82, 2.24) is 0 Å². The van der Waals surface area contributed by atoms with Gasteiger partial charge in [0.25, 0.3) is 0 Å². The van der Waals surface area contributed by atoms with E-state index >= 15 is 0 Å². The molecule has 2 rings (SSSR count). The molecule has 2 aromatic carbocycles. The lowest BCUT2D eigenvalue weighted by atomic mass is 10.1. The zero-order chi connectivity index (χ0) is 15.5. The molecule has 1 nitrogen and oxygen atoms in total. The van der Waals surface area contributed by atoms with Gasteiger partial charge < -0.3 is 5.73 Å². The van der Waals surface area contributed by atoms with Crippen LogP contribution in [0.3, 0.4) is 0 Å². The molecule has 2 aromatic rings. The largest absolute Gasteiger partial charge is 0.419 e. The number of hydrogen-bond acceptors (Lipinski definition) is 2. The van der Waals surface area contributed by atoms with Crippen LogP contribution >= 0.6 is 11.8 Å². The molecule has 0 saturated heterocycles. The molecular weight excluding hydrogens is 302 g/mol. The van der Waals surface area contributed by atoms with Crippen LogP contribution < -0.4 is 5.73 Å². The summed E-state index contributed by atoms with van der Waals surface area (Å²) in [6.45, 7) is 0. The number of alkyl halides is 3. The van der Waals surface area contributed by atoms with Gasteiger partial charge in [0.2, 0.25) is 0 Å². The van der Waals surface area contributed by atoms with Crippen molar-refractivity contribution in [3.63, 3.8) is 0 Å². The first-order chi connectivity index (χ1) is 9.88. The van der Waals surface area contributed by atoms with Gasteiger partial charge in [0.15, 0.2) is 0 Å². The van der Waals surface area contributed by atoms with E-state index in [1.807, 2.05) is 30.3 Å². The molecule has 0 aliphatic rings. The van der Waals surface area contributed by atoms with Crippen molar-refractivity contribution in [3.05, 3.63) is 65.5 Å². The molecule has 112 valence electrons. The Morgan fingerprint density at radius 3 is 2.29 bits per heavy atom. The molecule has 6 heteroatoms. The van der Waals surface area contributed by atoms with Crippen molar-refractivity contribution in [2.75, 3.05) is 5.75 Å². The highest BCUT2D eigenvalue weighted by atomic mass is 32.2. The smallest absolute Gasteiger partial charge is 0.323 e. The first-order valence-corrected chi connectivity index (χ1v) is 7.16. The summed E-state index contributed by atoms with van der Waals surface area (Å²) in [5, 5.41) is 0. The van der Waals surface area contributed by atoms with Crippen LogP contribution in [0.1, 0.15) is 17.2 Å². The molecule has 1 atom stereocenters. The van der Waals surface area contributed by atoms with Gasteiger partial charge in [0, 0.05) is 16.7 Å². The average molecular weight is 315 g/mol. The fourth-order valence-electron chi connectivity index (χ4n) is 1.79. The van der Waals surface area contributed by atoms with Crippen LogP contribution in [-0.4, -0.2) is 5.75 Å². The van der Waals surface area contributed by atoms with Crippen LogP contribution in [-0.2, 0) is 6.18 Å². The van der Waals surface area contributed by atoms with Gasteiger partial charge in [-0.25, -0.2) is 4.39 Å². The maximum atomic E-state index is 13.5. The van der Waals surface area contributed by atoms with Gasteiger partial charge in [-0.3, -0.25) is 0 Å². The van der Waals surface area contributed by atoms with Gasteiger partial charge in [-0.1, -0.05) is 24.3 Å². The molecule has 0 aliphatic carbocycles. The van der Waals surface area contributed by atoms with E-state index in [1.54, 1.807) is 0 Å². The first-order valence-electron chi connectivity index (χ1n) is 6.18. The second kappa shape index (κ2) is 6.49. The van der Waals surface area contributed by atoms with Gasteiger partial charge >= 0.3 is 6.18 Å². The summed E-state index contributed by atoms with van der Waals surface area (Å²) >= 11 is 1.47. The quantitative estimate of drug-likeness (QED) is 0.657. The number of hydrogen-bond donors (Lipinski definition) is 1. The summed E-state index contributed by atoms with van der Waals surface area (Å²) in [5.74, 6) is -0.838. The predicted octanol–water partition coefficient (Wildman–Crippen LogP) is 4.64. The monoisotopic (exact) mass is 315 g/mol. The minimum atomic E-state index is -4.69. The van der Waals surface area contributed by atoms with E-state index in [2.05, 4.69) is 0 Å². The van der Waals surface area contributed by atoms with Crippen molar-refractivity contribution in [3.8, 4) is 0 Å². The normalized spacial score (nSPS) is 13.2. The summed E-state index contributed by atoms with van der Waals surface area (Å²) in [6, 6.07) is 11.7. The fourth-order valence-corrected chi connectivity index (χ4v) is 2.70. The minimum Gasteiger partial charge on any atom is -0.323 e. The Morgan fingerprint density at radius 1 is 1.05 bits per heavy atom. The van der Waals surface area contributed by atoms with Crippen LogP contribution in [0.25, 0.3) is 0 Å². The lowest BCUT2D eigenvalue weighted by molar-refractivity contribution is -0.140. The van der Waals surface area contributed by atoms with E-state index in [0.717, 1.165) is 17.0 Å². The molecule has 0 saturated carbocycles. The first kappa shape index (κ1) is 15.9. The van der Waals surface area contributed by atoms with Crippen LogP contribution in [0.5, 0.6) is 0 Å². The van der Waals surface area contributed by atoms with Gasteiger partial charge in [0.1, 0.15) is 5.82 Å². The van der Waals surface area contributed by atoms with E-state index in [0.29, 0.717) is 11.3 Å². The van der Waals surface area contributed by atoms with E-state index in [9.17, 15) is 17.6 Å². The van der Waals surface area contributed by atoms with Crippen molar-refractivity contribution in [1.29, 1.82) is 0 Å². The van der Waals surface area contributed by atoms with Gasteiger partial charge in [-0.05, 0) is 29.8 Å². The highest BCUT2D eigenvalue weighted by molar-refractivity contribution is 7.99. The number of nitrogens with two attached hydrogens (primary N) is 1. The average Bonchev–Trinajstić information content (AvgIpc) is 2.44. The highest BCUT2D eigenvalue weighted by Crippen LogP contribution is 2.32. The molecule has 0 aliphatic heterocycles. The zero-order valence-corrected chi connectivity index (χ0v) is 11.7. The SMILES string of the molecule is NC(CSc1ccccc1)c1ccc(C(F)(F)F)c(F)c1. The number of benzene rings is 2. The van der Waals surface area contributed by atoms with Crippen LogP contribution in [0.4, 0.5) is 17.6 Å². The predicted molar refractivity (Wildman–Crippen MR) is 75.5 cm³/mol. The van der Waals surface area contributed by atoms with Crippen LogP contribution in [0, 0.1) is 5.82 Å². The Morgan fingerprint density at radius 2 is 1.71 bits per heavy atom. The molecule has 0 aromatic heterocycles. The second-order valence-corrected chi connectivity index (χ2v) is 5.56. The third kappa shape index (κ3) is 4.22. The number of thioether (sulfide) groups is 1. The summed E-state index contributed by atoms with van der Waals surface area (Å²) in [5.41, 5.74) is 4.98. The highest BCUT2D eigenvalue weighted by Gasteiger charge is 2.34. The van der Waals surface area contributed by atoms with E-state index < -0.39 is 23.6 Å². The number of rotatable bonds is 4. The maximum Gasteiger partial charge on any atom is 0.419 e. The van der Waals surface area contributed by atoms with E-state index in [4.69, 9.17) is 5.73 Å². The molecule has 0 amide bonds. The topological polar surface area (TPSA) is 26.0 Å². The Labute approximate surface area is 124 Å². The van der Waals surface area contributed by atoms with Gasteiger partial charge in [0.05, 0.1) is 5.56 Å². The van der Waals surface area contributed by atoms with Gasteiger partial charge in [-0.15, -0.1) is 11.8 Å². The Balaban J connectivity index is 2.06. The minimum absolute atomic E-state index is 0.351. The Hall–Kier alpha value is -1.53. The second-order valence-electron chi connectivity index (χ2n) is 4.47. The molecule has 0 fully saturated rings. The molecule has 0 radical (unpaired) electrons. The third-order valence-corrected chi connectivity index (χ3v) is 4.03. The lowest BCUT2D eigenvalue weighted by Crippen LogP contribution is -2.15. The van der Waals surface area contributed by atoms with Crippen molar-refractivity contribution >= 4 is 11.8 Å². The van der Waals surface area contributed by atoms with Gasteiger partial charge in [-0.2, -0.15) is 13.2 Å². The molecule has 0 bridgehead atoms. The summed E-state index contributed by atoms with van der Waals surface area (Å²) in [6.07, 6.45) is -4.69. The summed E-state index contributed by atoms with van der Waals surface area (Å²) in [4.78, 5) is 1.00. The fraction of sp³-hybridized carbons (Fsp3) is 0.200. The van der Waals surface area contributed by atoms with Crippen LogP contribution in [0.2, 0.25) is 0 Å². The molecular formula is C15H13F4NS. The molecule has 2 N–H and O–H groups in total. The lowest BCUT2D eigenvalue weighted by Gasteiger charge is -2.14. The van der Waals surface area contributed by atoms with Crippen LogP contribution in [0.15, 0.2) is 53.4 Å². The number of halogens is 4. The molecule has 1 unspecified atom stereocenters.